The molecule has 6 aromatic rings. The van der Waals surface area contributed by atoms with Crippen LogP contribution in [0, 0.1) is 20.2 Å². The SMILES string of the molecule is C[N+](=O)[O-].C[N+](=O)[O-].F[P-](F)(F)(F)(F)F.F[P-](F)(F)(F)(F)F.[Pt+2].c1cnn(C(n2cccn2)n2cccn2)c1.c1cnn(C(n2cccn2)n2cccn2)c1. The van der Waals surface area contributed by atoms with Crippen molar-refractivity contribution in [2.24, 2.45) is 0 Å². The van der Waals surface area contributed by atoms with Crippen LogP contribution in [0.2, 0.25) is 0 Å². The predicted octanol–water partition coefficient (Wildman–Crippen LogP) is 8.21. The molecule has 0 unspecified atom stereocenters. The van der Waals surface area contributed by atoms with Crippen LogP contribution in [0.1, 0.15) is 12.6 Å². The molecule has 0 aromatic carbocycles. The van der Waals surface area contributed by atoms with Crippen LogP contribution in [0.15, 0.2) is 111 Å². The summed E-state index contributed by atoms with van der Waals surface area (Å²) in [5, 5.41) is 43.0. The van der Waals surface area contributed by atoms with Crippen LogP contribution in [0.4, 0.5) is 50.4 Å². The number of nitrogens with zero attached hydrogens (tertiary/aromatic N) is 14. The number of nitro groups is 2. The summed E-state index contributed by atoms with van der Waals surface area (Å²) in [5.41, 5.74) is 0. The first kappa shape index (κ1) is 49.8. The molecule has 33 heteroatoms. The zero-order valence-corrected chi connectivity index (χ0v) is 31.2. The minimum atomic E-state index is -10.7. The molecule has 0 fully saturated rings. The molecule has 6 heterocycles. The second-order valence-electron chi connectivity index (χ2n) is 9.41. The van der Waals surface area contributed by atoms with Crippen molar-refractivity contribution in [3.05, 3.63) is 131 Å². The van der Waals surface area contributed by atoms with Gasteiger partial charge in [0.2, 0.25) is 12.6 Å². The van der Waals surface area contributed by atoms with Crippen LogP contribution in [0.25, 0.3) is 0 Å². The molecular formula is C22H26F12N14O4P2Pt. The molecule has 18 nitrogen and oxygen atoms in total. The van der Waals surface area contributed by atoms with Crippen molar-refractivity contribution in [1.82, 2.24) is 58.7 Å². The van der Waals surface area contributed by atoms with E-state index in [1.807, 2.05) is 73.6 Å². The van der Waals surface area contributed by atoms with Crippen molar-refractivity contribution < 1.29 is 81.3 Å². The van der Waals surface area contributed by atoms with E-state index in [0.717, 1.165) is 14.1 Å². The van der Waals surface area contributed by atoms with Crippen LogP contribution in [0.3, 0.4) is 0 Å². The van der Waals surface area contributed by atoms with Crippen LogP contribution >= 0.6 is 15.6 Å². The normalized spacial score (nSPS) is 13.2. The fourth-order valence-electron chi connectivity index (χ4n) is 3.23. The maximum Gasteiger partial charge on any atom is 2.00 e. The summed E-state index contributed by atoms with van der Waals surface area (Å²) in [5.74, 6) is 0. The van der Waals surface area contributed by atoms with Crippen LogP contribution in [0.5, 0.6) is 0 Å². The van der Waals surface area contributed by atoms with Gasteiger partial charge in [-0.3, -0.25) is 20.2 Å². The smallest absolute Gasteiger partial charge is 0.227 e. The Balaban J connectivity index is 0.000000697. The molecular weight excluding hydrogens is 1010 g/mol. The molecule has 0 aliphatic rings. The van der Waals surface area contributed by atoms with Gasteiger partial charge in [-0.15, -0.1) is 0 Å². The molecule has 0 aliphatic carbocycles. The summed E-state index contributed by atoms with van der Waals surface area (Å²) < 4.78 is 129. The van der Waals surface area contributed by atoms with Gasteiger partial charge < -0.3 is 0 Å². The second-order valence-corrected chi connectivity index (χ2v) is 13.2. The third-order valence-electron chi connectivity index (χ3n) is 4.57. The third-order valence-corrected chi connectivity index (χ3v) is 4.57. The van der Waals surface area contributed by atoms with Crippen molar-refractivity contribution in [3.63, 3.8) is 0 Å². The van der Waals surface area contributed by atoms with Crippen molar-refractivity contribution in [2.45, 2.75) is 12.6 Å². The van der Waals surface area contributed by atoms with Gasteiger partial charge in [0.1, 0.15) is 0 Å². The largest absolute Gasteiger partial charge is 2.00 e. The number of hydrogen-bond donors (Lipinski definition) is 0. The molecule has 0 aliphatic heterocycles. The number of aromatic nitrogens is 12. The summed E-state index contributed by atoms with van der Waals surface area (Å²) >= 11 is 0. The Labute approximate surface area is 313 Å². The monoisotopic (exact) mass is 1040 g/mol. The maximum absolute atomic E-state index is 10.7. The number of halogens is 12. The first-order chi connectivity index (χ1) is 24.3. The van der Waals surface area contributed by atoms with Crippen molar-refractivity contribution in [1.29, 1.82) is 0 Å². The second kappa shape index (κ2) is 17.9. The molecule has 0 saturated heterocycles. The molecule has 6 rings (SSSR count). The van der Waals surface area contributed by atoms with Gasteiger partial charge in [-0.2, -0.15) is 30.6 Å². The van der Waals surface area contributed by atoms with Crippen molar-refractivity contribution in [3.8, 4) is 0 Å². The van der Waals surface area contributed by atoms with Gasteiger partial charge in [0.15, 0.2) is 14.1 Å². The fourth-order valence-corrected chi connectivity index (χ4v) is 3.23. The molecule has 0 bridgehead atoms. The maximum atomic E-state index is 9.87. The topological polar surface area (TPSA) is 193 Å². The van der Waals surface area contributed by atoms with E-state index in [2.05, 4.69) is 30.6 Å². The van der Waals surface area contributed by atoms with E-state index in [9.17, 15) is 50.4 Å². The first-order valence-corrected chi connectivity index (χ1v) is 17.6. The van der Waals surface area contributed by atoms with Gasteiger partial charge in [-0.25, -0.2) is 28.1 Å². The Hall–Kier alpha value is -5.23. The van der Waals surface area contributed by atoms with Crippen molar-refractivity contribution in [2.75, 3.05) is 14.1 Å². The number of hydrogen-bond acceptors (Lipinski definition) is 10. The number of rotatable bonds is 6. The molecule has 0 amide bonds. The Kier molecular flexibility index (Phi) is 16.2. The third kappa shape index (κ3) is 28.9. The Bertz CT molecular complexity index is 1600. The molecule has 0 saturated carbocycles. The van der Waals surface area contributed by atoms with E-state index >= 15 is 0 Å². The quantitative estimate of drug-likeness (QED) is 0.0680. The summed E-state index contributed by atoms with van der Waals surface area (Å²) in [4.78, 5) is 16.6. The van der Waals surface area contributed by atoms with Gasteiger partial charge >= 0.3 is 87.0 Å². The van der Waals surface area contributed by atoms with E-state index < -0.39 is 25.5 Å². The minimum Gasteiger partial charge on any atom is -0.227 e. The Morgan fingerprint density at radius 2 is 0.527 bits per heavy atom. The van der Waals surface area contributed by atoms with E-state index in [1.165, 1.54) is 0 Å². The standard InChI is InChI=1S/2C10H10N6.2CH3NO2.2F6P.Pt/c2*1-4-11-14(7-1)10(15-8-2-5-12-15)16-9-3-6-13-16;2*1-2(3)4;2*1-7(2,3,4,5)6;/h2*1-10H;2*1H3;;;/q;;;;2*-1;+2. The first-order valence-electron chi connectivity index (χ1n) is 13.5. The predicted molar refractivity (Wildman–Crippen MR) is 166 cm³/mol. The molecule has 0 spiro atoms. The molecule has 0 N–H and O–H groups in total. The summed E-state index contributed by atoms with van der Waals surface area (Å²) in [6.07, 6.45) is 21.3. The molecule has 6 aromatic heterocycles. The van der Waals surface area contributed by atoms with Gasteiger partial charge in [-0.05, 0) is 36.4 Å². The zero-order chi connectivity index (χ0) is 41.6. The molecule has 0 atom stereocenters. The summed E-state index contributed by atoms with van der Waals surface area (Å²) in [7, 11) is -19.5. The molecule has 312 valence electrons. The molecule has 0 radical (unpaired) electrons. The minimum absolute atomic E-state index is 0. The van der Waals surface area contributed by atoms with Gasteiger partial charge in [0.05, 0.1) is 0 Å². The average Bonchev–Trinajstić information content (AvgIpc) is 3.81. The van der Waals surface area contributed by atoms with Gasteiger partial charge in [-0.1, -0.05) is 0 Å². The van der Waals surface area contributed by atoms with Crippen molar-refractivity contribution >= 4 is 15.6 Å². The Morgan fingerprint density at radius 1 is 0.418 bits per heavy atom. The average molecular weight is 1040 g/mol. The van der Waals surface area contributed by atoms with E-state index in [-0.39, 0.29) is 33.6 Å². The Morgan fingerprint density at radius 3 is 0.600 bits per heavy atom. The van der Waals surface area contributed by atoms with Crippen LogP contribution < -0.4 is 0 Å². The molecule has 55 heavy (non-hydrogen) atoms. The summed E-state index contributed by atoms with van der Waals surface area (Å²) in [6.45, 7) is 0. The fraction of sp³-hybridized carbons (Fsp3) is 0.182. The van der Waals surface area contributed by atoms with Gasteiger partial charge in [0, 0.05) is 84.2 Å². The van der Waals surface area contributed by atoms with Crippen LogP contribution in [-0.2, 0) is 21.1 Å². The summed E-state index contributed by atoms with van der Waals surface area (Å²) in [6, 6.07) is 11.2. The van der Waals surface area contributed by atoms with E-state index in [1.54, 1.807) is 65.3 Å². The van der Waals surface area contributed by atoms with Crippen LogP contribution in [-0.4, -0.2) is 82.6 Å². The van der Waals surface area contributed by atoms with E-state index in [4.69, 9.17) is 20.2 Å². The van der Waals surface area contributed by atoms with Gasteiger partial charge in [0.25, 0.3) is 0 Å². The van der Waals surface area contributed by atoms with E-state index in [0.29, 0.717) is 0 Å². The zero-order valence-electron chi connectivity index (χ0n) is 27.2.